The molecule has 2 aromatic rings. The summed E-state index contributed by atoms with van der Waals surface area (Å²) in [6.07, 6.45) is -0.372. The second-order valence-corrected chi connectivity index (χ2v) is 9.74. The lowest BCUT2D eigenvalue weighted by Gasteiger charge is -2.49. The average molecular weight is 514 g/mol. The fraction of sp³-hybridized carbons (Fsp3) is 0.464. The van der Waals surface area contributed by atoms with E-state index in [1.165, 1.54) is 24.3 Å². The molecule has 2 aromatic carbocycles. The lowest BCUT2D eigenvalue weighted by Crippen LogP contribution is -2.56. The largest absolute Gasteiger partial charge is 0.450 e. The van der Waals surface area contributed by atoms with Gasteiger partial charge in [-0.2, -0.15) is 0 Å². The summed E-state index contributed by atoms with van der Waals surface area (Å²) < 4.78 is 33.6. The number of ether oxygens (including phenoxy) is 1. The summed E-state index contributed by atoms with van der Waals surface area (Å²) in [4.78, 5) is 44.7. The van der Waals surface area contributed by atoms with E-state index in [1.54, 1.807) is 54.8 Å². The molecule has 0 aliphatic carbocycles. The van der Waals surface area contributed by atoms with Crippen molar-refractivity contribution in [3.05, 3.63) is 71.3 Å². The highest BCUT2D eigenvalue weighted by atomic mass is 19.1. The van der Waals surface area contributed by atoms with E-state index >= 15 is 0 Å². The first-order valence-corrected chi connectivity index (χ1v) is 12.7. The number of hydrogen-bond donors (Lipinski definition) is 0. The third-order valence-corrected chi connectivity index (χ3v) is 7.37. The number of likely N-dealkylation sites (tertiary alicyclic amines) is 1. The van der Waals surface area contributed by atoms with Crippen LogP contribution in [-0.4, -0.2) is 71.8 Å². The molecule has 0 N–H and O–H groups in total. The minimum absolute atomic E-state index is 0.0575. The SMILES string of the molecule is CCOC(=O)N1CCN(CC(=O)N2C(c3cccc(F)c3)C(C)C(=O)C(C)C2c2cccc(F)c2)CC1. The minimum atomic E-state index is -0.707. The molecule has 9 heteroatoms. The van der Waals surface area contributed by atoms with Crippen molar-refractivity contribution >= 4 is 17.8 Å². The predicted molar refractivity (Wildman–Crippen MR) is 133 cm³/mol. The number of halogens is 2. The lowest BCUT2D eigenvalue weighted by molar-refractivity contribution is -0.152. The van der Waals surface area contributed by atoms with Gasteiger partial charge in [0.15, 0.2) is 0 Å². The van der Waals surface area contributed by atoms with Crippen molar-refractivity contribution in [3.63, 3.8) is 0 Å². The van der Waals surface area contributed by atoms with Crippen LogP contribution in [0, 0.1) is 23.5 Å². The molecule has 2 heterocycles. The van der Waals surface area contributed by atoms with Gasteiger partial charge in [-0.05, 0) is 42.3 Å². The van der Waals surface area contributed by atoms with Crippen molar-refractivity contribution in [2.45, 2.75) is 32.9 Å². The quantitative estimate of drug-likeness (QED) is 0.599. The van der Waals surface area contributed by atoms with E-state index in [0.717, 1.165) is 0 Å². The van der Waals surface area contributed by atoms with E-state index in [2.05, 4.69) is 0 Å². The summed E-state index contributed by atoms with van der Waals surface area (Å²) in [7, 11) is 0. The van der Waals surface area contributed by atoms with Gasteiger partial charge in [-0.1, -0.05) is 38.1 Å². The Morgan fingerprint density at radius 3 is 1.86 bits per heavy atom. The van der Waals surface area contributed by atoms with Gasteiger partial charge in [0, 0.05) is 38.0 Å². The summed E-state index contributed by atoms with van der Waals surface area (Å²) in [6, 6.07) is 10.5. The lowest BCUT2D eigenvalue weighted by atomic mass is 9.74. The fourth-order valence-electron chi connectivity index (χ4n) is 5.55. The molecule has 4 atom stereocenters. The van der Waals surface area contributed by atoms with E-state index in [1.807, 2.05) is 4.90 Å². The second-order valence-electron chi connectivity index (χ2n) is 9.74. The molecule has 0 radical (unpaired) electrons. The van der Waals surface area contributed by atoms with Crippen LogP contribution < -0.4 is 0 Å². The van der Waals surface area contributed by atoms with E-state index in [-0.39, 0.29) is 24.3 Å². The molecule has 0 bridgehead atoms. The third kappa shape index (κ3) is 5.66. The van der Waals surface area contributed by atoms with Crippen molar-refractivity contribution in [3.8, 4) is 0 Å². The fourth-order valence-corrected chi connectivity index (χ4v) is 5.55. The third-order valence-electron chi connectivity index (χ3n) is 7.37. The summed E-state index contributed by atoms with van der Waals surface area (Å²) >= 11 is 0. The van der Waals surface area contributed by atoms with Crippen molar-refractivity contribution in [2.75, 3.05) is 39.3 Å². The molecule has 2 saturated heterocycles. The van der Waals surface area contributed by atoms with Crippen LogP contribution >= 0.6 is 0 Å². The van der Waals surface area contributed by atoms with Gasteiger partial charge in [-0.3, -0.25) is 14.5 Å². The zero-order valence-electron chi connectivity index (χ0n) is 21.4. The van der Waals surface area contributed by atoms with Crippen LogP contribution in [0.2, 0.25) is 0 Å². The molecule has 0 aromatic heterocycles. The highest BCUT2D eigenvalue weighted by Gasteiger charge is 2.48. The van der Waals surface area contributed by atoms with Crippen LogP contribution in [0.1, 0.15) is 44.0 Å². The Bertz CT molecular complexity index is 1090. The Morgan fingerprint density at radius 1 is 0.892 bits per heavy atom. The summed E-state index contributed by atoms with van der Waals surface area (Å²) in [5, 5.41) is 0. The number of carbonyl (C=O) groups excluding carboxylic acids is 3. The van der Waals surface area contributed by atoms with E-state index in [4.69, 9.17) is 4.74 Å². The zero-order valence-corrected chi connectivity index (χ0v) is 21.4. The Hall–Kier alpha value is -3.33. The first-order chi connectivity index (χ1) is 17.7. The maximum atomic E-state index is 14.3. The van der Waals surface area contributed by atoms with Gasteiger partial charge in [0.25, 0.3) is 0 Å². The molecular formula is C28H33F2N3O4. The molecule has 2 amide bonds. The van der Waals surface area contributed by atoms with Crippen LogP contribution in [0.5, 0.6) is 0 Å². The predicted octanol–water partition coefficient (Wildman–Crippen LogP) is 4.20. The molecule has 0 saturated carbocycles. The number of amides is 2. The van der Waals surface area contributed by atoms with E-state index in [0.29, 0.717) is 43.9 Å². The first-order valence-electron chi connectivity index (χ1n) is 12.7. The molecule has 37 heavy (non-hydrogen) atoms. The van der Waals surface area contributed by atoms with Crippen molar-refractivity contribution in [1.82, 2.24) is 14.7 Å². The molecule has 2 aliphatic heterocycles. The number of carbonyl (C=O) groups is 3. The van der Waals surface area contributed by atoms with Gasteiger partial charge in [-0.15, -0.1) is 0 Å². The number of Topliss-reactive ketones (excluding diaryl/α,β-unsaturated/α-hetero) is 1. The number of benzene rings is 2. The number of piperidine rings is 1. The molecule has 198 valence electrons. The zero-order chi connectivity index (χ0) is 26.7. The topological polar surface area (TPSA) is 70.2 Å². The number of piperazine rings is 1. The summed E-state index contributed by atoms with van der Waals surface area (Å²) in [5.74, 6) is -2.37. The normalized spacial score (nSPS) is 24.7. The van der Waals surface area contributed by atoms with Crippen LogP contribution in [-0.2, 0) is 14.3 Å². The maximum Gasteiger partial charge on any atom is 0.409 e. The number of nitrogens with zero attached hydrogens (tertiary/aromatic N) is 3. The highest BCUT2D eigenvalue weighted by molar-refractivity contribution is 5.89. The van der Waals surface area contributed by atoms with Crippen molar-refractivity contribution < 1.29 is 27.9 Å². The van der Waals surface area contributed by atoms with Gasteiger partial charge in [-0.25, -0.2) is 13.6 Å². The molecule has 7 nitrogen and oxygen atoms in total. The Kier molecular flexibility index (Phi) is 8.22. The highest BCUT2D eigenvalue weighted by Crippen LogP contribution is 2.46. The van der Waals surface area contributed by atoms with Crippen molar-refractivity contribution in [2.24, 2.45) is 11.8 Å². The molecule has 2 aliphatic rings. The van der Waals surface area contributed by atoms with Gasteiger partial charge in [0.05, 0.1) is 25.2 Å². The molecule has 0 spiro atoms. The van der Waals surface area contributed by atoms with Gasteiger partial charge in [0.2, 0.25) is 5.91 Å². The average Bonchev–Trinajstić information content (AvgIpc) is 2.87. The van der Waals surface area contributed by atoms with Crippen LogP contribution in [0.4, 0.5) is 13.6 Å². The Balaban J connectivity index is 1.66. The Labute approximate surface area is 216 Å². The van der Waals surface area contributed by atoms with E-state index in [9.17, 15) is 23.2 Å². The molecular weight excluding hydrogens is 480 g/mol. The summed E-state index contributed by atoms with van der Waals surface area (Å²) in [5.41, 5.74) is 1.05. The Morgan fingerprint density at radius 2 is 1.41 bits per heavy atom. The maximum absolute atomic E-state index is 14.3. The standard InChI is InChI=1S/C28H33F2N3O4/c1-4-37-28(36)32-13-11-31(12-14-32)17-24(34)33-25(20-7-5-9-22(29)15-20)18(2)27(35)19(3)26(33)21-8-6-10-23(30)16-21/h5-10,15-16,18-19,25-26H,4,11-14,17H2,1-3H3. The number of hydrogen-bond acceptors (Lipinski definition) is 5. The molecule has 4 rings (SSSR count). The van der Waals surface area contributed by atoms with Gasteiger partial charge >= 0.3 is 6.09 Å². The van der Waals surface area contributed by atoms with Crippen LogP contribution in [0.15, 0.2) is 48.5 Å². The molecule has 2 fully saturated rings. The summed E-state index contributed by atoms with van der Waals surface area (Å²) in [6.45, 7) is 7.45. The number of ketones is 1. The van der Waals surface area contributed by atoms with Gasteiger partial charge < -0.3 is 14.5 Å². The van der Waals surface area contributed by atoms with Crippen LogP contribution in [0.25, 0.3) is 0 Å². The van der Waals surface area contributed by atoms with Crippen molar-refractivity contribution in [1.29, 1.82) is 0 Å². The van der Waals surface area contributed by atoms with Gasteiger partial charge in [0.1, 0.15) is 17.4 Å². The smallest absolute Gasteiger partial charge is 0.409 e. The monoisotopic (exact) mass is 513 g/mol. The second kappa shape index (κ2) is 11.4. The molecule has 4 unspecified atom stereocenters. The number of rotatable bonds is 5. The van der Waals surface area contributed by atoms with E-state index < -0.39 is 35.6 Å². The first kappa shape index (κ1) is 26.7. The van der Waals surface area contributed by atoms with Crippen LogP contribution in [0.3, 0.4) is 0 Å². The minimum Gasteiger partial charge on any atom is -0.450 e.